The van der Waals surface area contributed by atoms with Crippen molar-refractivity contribution in [3.05, 3.63) is 54.1 Å². The summed E-state index contributed by atoms with van der Waals surface area (Å²) in [6, 6.07) is 14.5. The first-order valence-corrected chi connectivity index (χ1v) is 7.49. The van der Waals surface area contributed by atoms with Gasteiger partial charge in [-0.3, -0.25) is 9.59 Å². The highest BCUT2D eigenvalue weighted by Gasteiger charge is 2.13. The predicted molar refractivity (Wildman–Crippen MR) is 94.2 cm³/mol. The summed E-state index contributed by atoms with van der Waals surface area (Å²) in [6.07, 6.45) is 0. The largest absolute Gasteiger partial charge is 0.497 e. The molecule has 0 spiro atoms. The van der Waals surface area contributed by atoms with Crippen molar-refractivity contribution in [2.75, 3.05) is 31.4 Å². The zero-order valence-electron chi connectivity index (χ0n) is 14.0. The van der Waals surface area contributed by atoms with Crippen LogP contribution in [0.5, 0.6) is 5.75 Å². The predicted octanol–water partition coefficient (Wildman–Crippen LogP) is 2.02. The maximum Gasteiger partial charge on any atom is 0.313 e. The van der Waals surface area contributed by atoms with Crippen molar-refractivity contribution in [2.45, 2.75) is 6.54 Å². The second-order valence-corrected chi connectivity index (χ2v) is 5.43. The van der Waals surface area contributed by atoms with Crippen LogP contribution in [0, 0.1) is 0 Å². The van der Waals surface area contributed by atoms with Gasteiger partial charge in [0.15, 0.2) is 0 Å². The maximum absolute atomic E-state index is 11.9. The van der Waals surface area contributed by atoms with Gasteiger partial charge < -0.3 is 20.3 Å². The van der Waals surface area contributed by atoms with E-state index in [4.69, 9.17) is 4.74 Å². The van der Waals surface area contributed by atoms with Crippen molar-refractivity contribution in [1.29, 1.82) is 0 Å². The molecule has 6 nitrogen and oxygen atoms in total. The van der Waals surface area contributed by atoms with Crippen molar-refractivity contribution in [1.82, 2.24) is 5.32 Å². The number of hydrogen-bond acceptors (Lipinski definition) is 4. The van der Waals surface area contributed by atoms with Gasteiger partial charge in [-0.1, -0.05) is 12.1 Å². The minimum atomic E-state index is -0.699. The molecule has 0 saturated carbocycles. The fourth-order valence-corrected chi connectivity index (χ4v) is 2.08. The van der Waals surface area contributed by atoms with E-state index in [0.717, 1.165) is 11.3 Å². The Balaban J connectivity index is 1.88. The lowest BCUT2D eigenvalue weighted by Crippen LogP contribution is -2.34. The quantitative estimate of drug-likeness (QED) is 0.824. The van der Waals surface area contributed by atoms with Gasteiger partial charge in [-0.25, -0.2) is 0 Å². The molecule has 0 radical (unpaired) electrons. The van der Waals surface area contributed by atoms with Crippen LogP contribution < -0.4 is 20.3 Å². The lowest BCUT2D eigenvalue weighted by Gasteiger charge is -2.13. The highest BCUT2D eigenvalue weighted by molar-refractivity contribution is 6.39. The SMILES string of the molecule is COc1cccc(CNC(=O)C(=O)Nc2ccc(N(C)C)cc2)c1. The molecular formula is C18H21N3O3. The first-order valence-electron chi connectivity index (χ1n) is 7.49. The van der Waals surface area contributed by atoms with Gasteiger partial charge in [0.05, 0.1) is 7.11 Å². The molecule has 0 aromatic heterocycles. The van der Waals surface area contributed by atoms with E-state index in [9.17, 15) is 9.59 Å². The molecule has 0 saturated heterocycles. The Bertz CT molecular complexity index is 712. The first kappa shape index (κ1) is 17.3. The van der Waals surface area contributed by atoms with E-state index in [1.165, 1.54) is 0 Å². The van der Waals surface area contributed by atoms with Gasteiger partial charge in [0, 0.05) is 32.0 Å². The average Bonchev–Trinajstić information content (AvgIpc) is 2.60. The molecule has 24 heavy (non-hydrogen) atoms. The van der Waals surface area contributed by atoms with Crippen LogP contribution in [0.3, 0.4) is 0 Å². The van der Waals surface area contributed by atoms with Gasteiger partial charge in [-0.15, -0.1) is 0 Å². The molecule has 0 aliphatic rings. The molecule has 0 fully saturated rings. The number of ether oxygens (including phenoxy) is 1. The van der Waals surface area contributed by atoms with Crippen molar-refractivity contribution < 1.29 is 14.3 Å². The molecule has 2 N–H and O–H groups in total. The van der Waals surface area contributed by atoms with Crippen LogP contribution in [-0.2, 0) is 16.1 Å². The van der Waals surface area contributed by atoms with Crippen LogP contribution in [0.4, 0.5) is 11.4 Å². The molecule has 0 aliphatic heterocycles. The fraction of sp³-hybridized carbons (Fsp3) is 0.222. The Labute approximate surface area is 141 Å². The zero-order chi connectivity index (χ0) is 17.5. The van der Waals surface area contributed by atoms with Crippen LogP contribution in [0.2, 0.25) is 0 Å². The Hall–Kier alpha value is -3.02. The second-order valence-electron chi connectivity index (χ2n) is 5.43. The molecule has 0 unspecified atom stereocenters. The molecule has 0 atom stereocenters. The summed E-state index contributed by atoms with van der Waals surface area (Å²) in [6.45, 7) is 0.253. The van der Waals surface area contributed by atoms with Crippen LogP contribution in [0.25, 0.3) is 0 Å². The number of amides is 2. The third kappa shape index (κ3) is 4.74. The summed E-state index contributed by atoms with van der Waals surface area (Å²) in [5.74, 6) is -0.683. The van der Waals surface area contributed by atoms with E-state index >= 15 is 0 Å². The monoisotopic (exact) mass is 327 g/mol. The van der Waals surface area contributed by atoms with Gasteiger partial charge in [0.1, 0.15) is 5.75 Å². The van der Waals surface area contributed by atoms with E-state index in [1.807, 2.05) is 49.3 Å². The van der Waals surface area contributed by atoms with Gasteiger partial charge in [0.2, 0.25) is 0 Å². The number of carbonyl (C=O) groups excluding carboxylic acids is 2. The minimum absolute atomic E-state index is 0.253. The van der Waals surface area contributed by atoms with Crippen LogP contribution in [0.15, 0.2) is 48.5 Å². The Kier molecular flexibility index (Phi) is 5.78. The Morgan fingerprint density at radius 1 is 1.04 bits per heavy atom. The van der Waals surface area contributed by atoms with E-state index in [0.29, 0.717) is 11.4 Å². The van der Waals surface area contributed by atoms with Crippen molar-refractivity contribution in [2.24, 2.45) is 0 Å². The van der Waals surface area contributed by atoms with Gasteiger partial charge in [-0.2, -0.15) is 0 Å². The molecule has 0 heterocycles. The van der Waals surface area contributed by atoms with Gasteiger partial charge in [0.25, 0.3) is 0 Å². The molecular weight excluding hydrogens is 306 g/mol. The molecule has 0 aliphatic carbocycles. The zero-order valence-corrected chi connectivity index (χ0v) is 14.0. The molecule has 6 heteroatoms. The Morgan fingerprint density at radius 2 is 1.75 bits per heavy atom. The second kappa shape index (κ2) is 8.01. The number of carbonyl (C=O) groups is 2. The van der Waals surface area contributed by atoms with Crippen LogP contribution in [0.1, 0.15) is 5.56 Å². The molecule has 0 bridgehead atoms. The Morgan fingerprint density at radius 3 is 2.38 bits per heavy atom. The van der Waals surface area contributed by atoms with Gasteiger partial charge >= 0.3 is 11.8 Å². The fourth-order valence-electron chi connectivity index (χ4n) is 2.08. The number of hydrogen-bond donors (Lipinski definition) is 2. The third-order valence-electron chi connectivity index (χ3n) is 3.44. The van der Waals surface area contributed by atoms with E-state index in [2.05, 4.69) is 10.6 Å². The number of methoxy groups -OCH3 is 1. The van der Waals surface area contributed by atoms with E-state index in [1.54, 1.807) is 25.3 Å². The smallest absolute Gasteiger partial charge is 0.313 e. The van der Waals surface area contributed by atoms with E-state index < -0.39 is 11.8 Å². The standard InChI is InChI=1S/C18H21N3O3/c1-21(2)15-9-7-14(8-10-15)20-18(23)17(22)19-12-13-5-4-6-16(11-13)24-3/h4-11H,12H2,1-3H3,(H,19,22)(H,20,23). The summed E-state index contributed by atoms with van der Waals surface area (Å²) in [4.78, 5) is 25.8. The van der Waals surface area contributed by atoms with Crippen molar-refractivity contribution >= 4 is 23.2 Å². The number of benzene rings is 2. The van der Waals surface area contributed by atoms with Crippen LogP contribution in [-0.4, -0.2) is 33.0 Å². The first-order chi connectivity index (χ1) is 11.5. The highest BCUT2D eigenvalue weighted by Crippen LogP contribution is 2.15. The summed E-state index contributed by atoms with van der Waals surface area (Å²) >= 11 is 0. The third-order valence-corrected chi connectivity index (χ3v) is 3.44. The maximum atomic E-state index is 11.9. The molecule has 2 aromatic carbocycles. The van der Waals surface area contributed by atoms with Gasteiger partial charge in [-0.05, 0) is 42.0 Å². The number of rotatable bonds is 5. The summed E-state index contributed by atoms with van der Waals surface area (Å²) in [7, 11) is 5.44. The summed E-state index contributed by atoms with van der Waals surface area (Å²) in [5.41, 5.74) is 2.43. The van der Waals surface area contributed by atoms with Crippen molar-refractivity contribution in [3.63, 3.8) is 0 Å². The summed E-state index contributed by atoms with van der Waals surface area (Å²) in [5, 5.41) is 5.16. The van der Waals surface area contributed by atoms with Crippen LogP contribution >= 0.6 is 0 Å². The highest BCUT2D eigenvalue weighted by atomic mass is 16.5. The molecule has 2 aromatic rings. The number of nitrogens with zero attached hydrogens (tertiary/aromatic N) is 1. The number of nitrogens with one attached hydrogen (secondary N) is 2. The minimum Gasteiger partial charge on any atom is -0.497 e. The number of anilines is 2. The lowest BCUT2D eigenvalue weighted by atomic mass is 10.2. The summed E-state index contributed by atoms with van der Waals surface area (Å²) < 4.78 is 5.12. The molecule has 126 valence electrons. The molecule has 2 rings (SSSR count). The average molecular weight is 327 g/mol. The topological polar surface area (TPSA) is 70.7 Å². The lowest BCUT2D eigenvalue weighted by molar-refractivity contribution is -0.136. The normalized spacial score (nSPS) is 9.96. The van der Waals surface area contributed by atoms with E-state index in [-0.39, 0.29) is 6.54 Å². The molecule has 2 amide bonds. The van der Waals surface area contributed by atoms with Crippen molar-refractivity contribution in [3.8, 4) is 5.75 Å².